The minimum absolute atomic E-state index is 0.185. The minimum Gasteiger partial charge on any atom is -0.457 e. The molecule has 0 rings (SSSR count). The highest BCUT2D eigenvalue weighted by Gasteiger charge is 2.27. The Hall–Kier alpha value is -1.55. The summed E-state index contributed by atoms with van der Waals surface area (Å²) in [5, 5.41) is 19.1. The number of unbranched alkanes of at least 4 members (excludes halogenated alkanes) is 19. The molecule has 50 heavy (non-hydrogen) atoms. The summed E-state index contributed by atoms with van der Waals surface area (Å²) in [6.45, 7) is 2.15. The third-order valence-corrected chi connectivity index (χ3v) is 9.37. The van der Waals surface area contributed by atoms with Gasteiger partial charge >= 0.3 is 19.8 Å². The monoisotopic (exact) mass is 732 g/mol. The number of ether oxygens (including phenoxy) is 2. The molecule has 0 radical (unpaired) electrons. The largest absolute Gasteiger partial charge is 0.472 e. The number of aliphatic hydroxyl groups is 2. The summed E-state index contributed by atoms with van der Waals surface area (Å²) in [5.74, 6) is -1.03. The van der Waals surface area contributed by atoms with Gasteiger partial charge in [-0.3, -0.25) is 18.6 Å². The molecular weight excluding hydrogens is 659 g/mol. The SMILES string of the molecule is CCCCCC/C=C\C/C=C\CCCCCCCCCC(=O)OC(CO)COP(=O)(O)OCC(CO)OC(=O)CCCCCCCCCCC. The van der Waals surface area contributed by atoms with Crippen LogP contribution in [0.3, 0.4) is 0 Å². The molecule has 0 aliphatic heterocycles. The molecule has 0 spiro atoms. The highest BCUT2D eigenvalue weighted by Crippen LogP contribution is 2.43. The molecule has 0 aromatic heterocycles. The topological polar surface area (TPSA) is 149 Å². The van der Waals surface area contributed by atoms with Gasteiger partial charge in [0.2, 0.25) is 0 Å². The predicted octanol–water partition coefficient (Wildman–Crippen LogP) is 9.83. The van der Waals surface area contributed by atoms with Crippen LogP contribution in [0.4, 0.5) is 0 Å². The Bertz CT molecular complexity index is 894. The number of phosphoric ester groups is 1. The van der Waals surface area contributed by atoms with Crippen LogP contribution in [-0.2, 0) is 32.7 Å². The van der Waals surface area contributed by atoms with Gasteiger partial charge in [-0.1, -0.05) is 141 Å². The molecule has 0 aromatic rings. The van der Waals surface area contributed by atoms with Crippen molar-refractivity contribution in [3.05, 3.63) is 24.3 Å². The van der Waals surface area contributed by atoms with Crippen LogP contribution in [-0.4, -0.2) is 65.7 Å². The third-order valence-electron chi connectivity index (χ3n) is 8.42. The van der Waals surface area contributed by atoms with E-state index in [0.717, 1.165) is 51.4 Å². The van der Waals surface area contributed by atoms with Crippen molar-refractivity contribution in [3.63, 3.8) is 0 Å². The summed E-state index contributed by atoms with van der Waals surface area (Å²) in [6, 6.07) is 0. The van der Waals surface area contributed by atoms with Crippen LogP contribution in [0.1, 0.15) is 174 Å². The second kappa shape index (κ2) is 35.8. The summed E-state index contributed by atoms with van der Waals surface area (Å²) in [7, 11) is -4.63. The Labute approximate surface area is 304 Å². The molecule has 10 nitrogen and oxygen atoms in total. The first kappa shape index (κ1) is 48.5. The fourth-order valence-electron chi connectivity index (χ4n) is 5.32. The number of rotatable bonds is 37. The maximum absolute atomic E-state index is 12.3. The van der Waals surface area contributed by atoms with Crippen LogP contribution in [0.5, 0.6) is 0 Å². The van der Waals surface area contributed by atoms with Gasteiger partial charge in [0.25, 0.3) is 0 Å². The number of aliphatic hydroxyl groups excluding tert-OH is 2. The molecule has 0 aliphatic rings. The zero-order valence-electron chi connectivity index (χ0n) is 31.6. The van der Waals surface area contributed by atoms with Crippen LogP contribution >= 0.6 is 7.82 Å². The summed E-state index contributed by atoms with van der Waals surface area (Å²) in [6.07, 6.45) is 33.0. The Morgan fingerprint density at radius 2 is 0.880 bits per heavy atom. The van der Waals surface area contributed by atoms with Crippen molar-refractivity contribution >= 4 is 19.8 Å². The summed E-state index contributed by atoms with van der Waals surface area (Å²) < 4.78 is 32.4. The number of hydrogen-bond donors (Lipinski definition) is 3. The van der Waals surface area contributed by atoms with E-state index in [4.69, 9.17) is 18.5 Å². The molecule has 294 valence electrons. The Balaban J connectivity index is 3.94. The lowest BCUT2D eigenvalue weighted by Crippen LogP contribution is -2.28. The van der Waals surface area contributed by atoms with Crippen molar-refractivity contribution < 1.29 is 47.8 Å². The van der Waals surface area contributed by atoms with E-state index in [-0.39, 0.29) is 12.8 Å². The van der Waals surface area contributed by atoms with E-state index in [9.17, 15) is 29.3 Å². The van der Waals surface area contributed by atoms with Crippen LogP contribution in [0.25, 0.3) is 0 Å². The Morgan fingerprint density at radius 1 is 0.540 bits per heavy atom. The van der Waals surface area contributed by atoms with Gasteiger partial charge in [-0.25, -0.2) is 4.57 Å². The van der Waals surface area contributed by atoms with Crippen LogP contribution in [0, 0.1) is 0 Å². The zero-order chi connectivity index (χ0) is 37.0. The molecule has 0 heterocycles. The van der Waals surface area contributed by atoms with Gasteiger partial charge < -0.3 is 24.6 Å². The lowest BCUT2D eigenvalue weighted by molar-refractivity contribution is -0.153. The van der Waals surface area contributed by atoms with Gasteiger partial charge in [-0.2, -0.15) is 0 Å². The molecule has 0 bridgehead atoms. The lowest BCUT2D eigenvalue weighted by atomic mass is 10.1. The Kier molecular flexibility index (Phi) is 34.7. The second-order valence-corrected chi connectivity index (χ2v) is 14.7. The molecule has 0 amide bonds. The molecule has 3 N–H and O–H groups in total. The maximum Gasteiger partial charge on any atom is 0.472 e. The van der Waals surface area contributed by atoms with E-state index in [1.54, 1.807) is 0 Å². The van der Waals surface area contributed by atoms with Gasteiger partial charge in [0.05, 0.1) is 26.4 Å². The average molecular weight is 733 g/mol. The van der Waals surface area contributed by atoms with E-state index < -0.39 is 58.4 Å². The van der Waals surface area contributed by atoms with Crippen molar-refractivity contribution in [2.75, 3.05) is 26.4 Å². The molecule has 0 aromatic carbocycles. The molecule has 11 heteroatoms. The highest BCUT2D eigenvalue weighted by molar-refractivity contribution is 7.47. The van der Waals surface area contributed by atoms with E-state index in [1.165, 1.54) is 83.5 Å². The number of esters is 2. The predicted molar refractivity (Wildman–Crippen MR) is 201 cm³/mol. The van der Waals surface area contributed by atoms with E-state index in [1.807, 2.05) is 0 Å². The van der Waals surface area contributed by atoms with E-state index >= 15 is 0 Å². The fraction of sp³-hybridized carbons (Fsp3) is 0.846. The molecule has 3 atom stereocenters. The average Bonchev–Trinajstić information content (AvgIpc) is 3.10. The first-order valence-electron chi connectivity index (χ1n) is 19.8. The minimum atomic E-state index is -4.63. The summed E-state index contributed by atoms with van der Waals surface area (Å²) in [5.41, 5.74) is 0. The first-order valence-corrected chi connectivity index (χ1v) is 21.3. The number of carbonyl (C=O) groups is 2. The van der Waals surface area contributed by atoms with Gasteiger partial charge in [0.15, 0.2) is 0 Å². The molecule has 0 saturated heterocycles. The zero-order valence-corrected chi connectivity index (χ0v) is 32.5. The molecule has 0 saturated carbocycles. The quantitative estimate of drug-likeness (QED) is 0.0244. The first-order chi connectivity index (χ1) is 24.3. The number of hydrogen-bond acceptors (Lipinski definition) is 9. The number of phosphoric acid groups is 1. The van der Waals surface area contributed by atoms with Crippen molar-refractivity contribution in [2.24, 2.45) is 0 Å². The lowest BCUT2D eigenvalue weighted by Gasteiger charge is -2.20. The summed E-state index contributed by atoms with van der Waals surface area (Å²) >= 11 is 0. The van der Waals surface area contributed by atoms with Crippen LogP contribution in [0.2, 0.25) is 0 Å². The number of allylic oxidation sites excluding steroid dienone is 4. The van der Waals surface area contributed by atoms with Gasteiger partial charge in [0, 0.05) is 12.8 Å². The van der Waals surface area contributed by atoms with Crippen molar-refractivity contribution in [2.45, 2.75) is 187 Å². The van der Waals surface area contributed by atoms with Crippen LogP contribution in [0.15, 0.2) is 24.3 Å². The van der Waals surface area contributed by atoms with Crippen molar-refractivity contribution in [1.29, 1.82) is 0 Å². The van der Waals surface area contributed by atoms with Gasteiger partial charge in [-0.15, -0.1) is 0 Å². The van der Waals surface area contributed by atoms with Gasteiger partial charge in [-0.05, 0) is 44.9 Å². The van der Waals surface area contributed by atoms with Crippen molar-refractivity contribution in [3.8, 4) is 0 Å². The smallest absolute Gasteiger partial charge is 0.457 e. The van der Waals surface area contributed by atoms with E-state index in [0.29, 0.717) is 12.8 Å². The van der Waals surface area contributed by atoms with Crippen LogP contribution < -0.4 is 0 Å². The molecule has 3 unspecified atom stereocenters. The number of carbonyl (C=O) groups excluding carboxylic acids is 2. The van der Waals surface area contributed by atoms with E-state index in [2.05, 4.69) is 38.2 Å². The molecule has 0 aliphatic carbocycles. The second-order valence-electron chi connectivity index (χ2n) is 13.3. The molecule has 0 fully saturated rings. The maximum atomic E-state index is 12.3. The summed E-state index contributed by atoms with van der Waals surface area (Å²) in [4.78, 5) is 34.3. The molecular formula is C39H73O10P. The highest BCUT2D eigenvalue weighted by atomic mass is 31.2. The normalized spacial score (nSPS) is 14.3. The third kappa shape index (κ3) is 33.6. The standard InChI is InChI=1S/C39H73O10P/c1-3-5-7-9-11-13-14-15-16-17-18-19-20-21-23-25-27-29-31-39(43)49-37(33-41)35-47-50(44,45)46-34-36(32-40)48-38(42)30-28-26-24-22-12-10-8-6-4-2/h13-14,16-17,36-37,40-41H,3-12,15,18-35H2,1-2H3,(H,44,45)/b14-13-,17-16-. The van der Waals surface area contributed by atoms with Crippen molar-refractivity contribution in [1.82, 2.24) is 0 Å². The Morgan fingerprint density at radius 3 is 1.26 bits per heavy atom. The van der Waals surface area contributed by atoms with Gasteiger partial charge in [0.1, 0.15) is 12.2 Å². The fourth-order valence-corrected chi connectivity index (χ4v) is 6.10.